The molecular formula is C73H62ClN7O6S. The molecule has 3 fully saturated rings. The molecule has 0 spiro atoms. The highest BCUT2D eigenvalue weighted by molar-refractivity contribution is 7.20. The van der Waals surface area contributed by atoms with Crippen LogP contribution in [0.3, 0.4) is 0 Å². The van der Waals surface area contributed by atoms with Gasteiger partial charge in [0.05, 0.1) is 6.04 Å². The number of carboxylic acids is 1. The number of aromatic nitrogens is 1. The van der Waals surface area contributed by atoms with Gasteiger partial charge in [0, 0.05) is 47.3 Å². The molecule has 9 aromatic rings. The highest BCUT2D eigenvalue weighted by atomic mass is 35.5. The van der Waals surface area contributed by atoms with Gasteiger partial charge in [0.25, 0.3) is 11.8 Å². The number of hydrogen-bond acceptors (Lipinski definition) is 10. The van der Waals surface area contributed by atoms with Crippen LogP contribution in [0.5, 0.6) is 0 Å². The lowest BCUT2D eigenvalue weighted by Crippen LogP contribution is -2.73. The number of likely N-dealkylation sites (tertiary alicyclic amines) is 1. The Morgan fingerprint density at radius 1 is 0.682 bits per heavy atom. The predicted molar refractivity (Wildman–Crippen MR) is 343 cm³/mol. The van der Waals surface area contributed by atoms with Crippen molar-refractivity contribution in [2.24, 2.45) is 11.1 Å². The number of aliphatic carboxylic acids is 1. The van der Waals surface area contributed by atoms with Gasteiger partial charge < -0.3 is 30.8 Å². The third-order valence-corrected chi connectivity index (χ3v) is 18.7. The monoisotopic (exact) mass is 1200 g/mol. The van der Waals surface area contributed by atoms with E-state index < -0.39 is 52.8 Å². The number of thiazole rings is 1. The molecule has 4 aliphatic heterocycles. The van der Waals surface area contributed by atoms with Crippen molar-refractivity contribution in [3.63, 3.8) is 0 Å². The Morgan fingerprint density at radius 3 is 1.60 bits per heavy atom. The lowest BCUT2D eigenvalue weighted by molar-refractivity contribution is -0.156. The first kappa shape index (κ1) is 57.3. The van der Waals surface area contributed by atoms with E-state index >= 15 is 9.59 Å². The summed E-state index contributed by atoms with van der Waals surface area (Å²) in [6, 6.07) is 76.5. The number of rotatable bonds is 19. The maximum atomic E-state index is 16.0. The van der Waals surface area contributed by atoms with Crippen LogP contribution in [0.4, 0.5) is 5.13 Å². The standard InChI is InChI=1S/C73H62ClN7O6S/c74-66-63(77-71(88-66)78-72(51-29-13-3-14-30-51,52-31-15-4-16-32-52)53-33-17-5-18-34-53)64(79-87-73(54-35-19-6-20-36-54,55-37-21-7-22-38-55)56-39-23-8-24-40-56)67(82)76-62-60-46-58(61(48-25-9-1-10-26-48)49-27-11-2-12-28-49)59(65(70(85)86)81(60)69(62)84)45-50-42-44-80(68(50)83)57-41-43-75-47-57/h1-40,45,57-58,60-62,75H,41-44,46-47H2,(H,76,82)(H,77,78)(H,85,86)/t57-,58?,60-,62+/m1/s1. The number of nitrogens with one attached hydrogen (secondary N) is 3. The molecule has 3 amide bonds. The first-order valence-corrected chi connectivity index (χ1v) is 30.8. The lowest BCUT2D eigenvalue weighted by atomic mass is 9.68. The molecule has 1 unspecified atom stereocenters. The fraction of sp³-hybridized carbons (Fsp3) is 0.178. The van der Waals surface area contributed by atoms with Crippen molar-refractivity contribution >= 4 is 57.5 Å². The molecule has 5 heterocycles. The number of anilines is 1. The molecule has 0 radical (unpaired) electrons. The lowest BCUT2D eigenvalue weighted by Gasteiger charge is -2.53. The largest absolute Gasteiger partial charge is 0.477 e. The Balaban J connectivity index is 0.945. The second-order valence-corrected chi connectivity index (χ2v) is 24.1. The normalized spacial score (nSPS) is 19.2. The average molecular weight is 1200 g/mol. The van der Waals surface area contributed by atoms with Crippen molar-refractivity contribution < 1.29 is 29.1 Å². The number of halogens is 1. The first-order chi connectivity index (χ1) is 43.1. The number of benzene rings is 8. The minimum Gasteiger partial charge on any atom is -0.477 e. The zero-order chi connectivity index (χ0) is 60.2. The Kier molecular flexibility index (Phi) is 16.2. The van der Waals surface area contributed by atoms with Gasteiger partial charge in [0.15, 0.2) is 10.8 Å². The van der Waals surface area contributed by atoms with Gasteiger partial charge in [0.1, 0.15) is 27.3 Å². The Labute approximate surface area is 519 Å². The fourth-order valence-corrected chi connectivity index (χ4v) is 14.6. The van der Waals surface area contributed by atoms with Crippen molar-refractivity contribution in [1.82, 2.24) is 25.4 Å². The Bertz CT molecular complexity index is 3850. The zero-order valence-electron chi connectivity index (χ0n) is 47.9. The third kappa shape index (κ3) is 10.7. The highest BCUT2D eigenvalue weighted by Crippen LogP contribution is 2.50. The fourth-order valence-electron chi connectivity index (χ4n) is 13.5. The number of amides is 3. The minimum absolute atomic E-state index is 0.0271. The van der Waals surface area contributed by atoms with Crippen LogP contribution in [0.25, 0.3) is 0 Å². The number of hydrogen-bond donors (Lipinski definition) is 4. The van der Waals surface area contributed by atoms with E-state index in [4.69, 9.17) is 26.6 Å². The van der Waals surface area contributed by atoms with E-state index in [2.05, 4.69) is 16.0 Å². The van der Waals surface area contributed by atoms with Gasteiger partial charge in [-0.2, -0.15) is 0 Å². The van der Waals surface area contributed by atoms with E-state index in [1.54, 1.807) is 6.08 Å². The van der Waals surface area contributed by atoms with Gasteiger partial charge in [-0.05, 0) is 71.2 Å². The molecule has 4 atom stereocenters. The summed E-state index contributed by atoms with van der Waals surface area (Å²) in [6.45, 7) is 1.99. The summed E-state index contributed by atoms with van der Waals surface area (Å²) in [7, 11) is 0. The predicted octanol–water partition coefficient (Wildman–Crippen LogP) is 12.3. The summed E-state index contributed by atoms with van der Waals surface area (Å²) in [5, 5.41) is 27.0. The van der Waals surface area contributed by atoms with Crippen molar-refractivity contribution in [2.45, 2.75) is 54.4 Å². The van der Waals surface area contributed by atoms with Crippen LogP contribution in [0.2, 0.25) is 4.34 Å². The minimum atomic E-state index is -1.47. The topological polar surface area (TPSA) is 166 Å². The van der Waals surface area contributed by atoms with Crippen LogP contribution in [-0.4, -0.2) is 87.1 Å². The van der Waals surface area contributed by atoms with E-state index in [1.807, 2.05) is 248 Å². The van der Waals surface area contributed by atoms with Gasteiger partial charge in [-0.1, -0.05) is 271 Å². The van der Waals surface area contributed by atoms with Crippen LogP contribution in [0.1, 0.15) is 75.4 Å². The molecule has 13 rings (SSSR count). The quantitative estimate of drug-likeness (QED) is 0.0203. The number of nitrogens with zero attached hydrogens (tertiary/aromatic N) is 4. The van der Waals surface area contributed by atoms with E-state index in [-0.39, 0.29) is 39.8 Å². The zero-order valence-corrected chi connectivity index (χ0v) is 49.4. The number of fused-ring (bicyclic) bond motifs is 1. The number of carbonyl (C=O) groups is 4. The summed E-state index contributed by atoms with van der Waals surface area (Å²) in [4.78, 5) is 75.0. The van der Waals surface area contributed by atoms with Crippen molar-refractivity contribution in [1.29, 1.82) is 0 Å². The molecule has 15 heteroatoms. The average Bonchev–Trinajstić information content (AvgIpc) is 0.937. The first-order valence-electron chi connectivity index (χ1n) is 29.6. The van der Waals surface area contributed by atoms with Gasteiger partial charge in [-0.15, -0.1) is 0 Å². The number of allylic oxidation sites excluding steroid dienone is 2. The van der Waals surface area contributed by atoms with Crippen molar-refractivity contribution in [3.05, 3.63) is 320 Å². The number of oxime groups is 1. The third-order valence-electron chi connectivity index (χ3n) is 17.6. The maximum absolute atomic E-state index is 16.0. The number of carbonyl (C=O) groups excluding carboxylic acids is 3. The molecule has 4 N–H and O–H groups in total. The summed E-state index contributed by atoms with van der Waals surface area (Å²) >= 11 is 8.58. The molecule has 88 heavy (non-hydrogen) atoms. The van der Waals surface area contributed by atoms with Crippen LogP contribution >= 0.6 is 22.9 Å². The van der Waals surface area contributed by atoms with Crippen LogP contribution in [0.15, 0.2) is 271 Å². The van der Waals surface area contributed by atoms with Crippen LogP contribution in [0, 0.1) is 5.92 Å². The van der Waals surface area contributed by atoms with Crippen LogP contribution in [-0.2, 0) is 35.2 Å². The smallest absolute Gasteiger partial charge is 0.352 e. The summed E-state index contributed by atoms with van der Waals surface area (Å²) < 4.78 is 0.0960. The van der Waals surface area contributed by atoms with E-state index in [9.17, 15) is 14.7 Å². The van der Waals surface area contributed by atoms with Gasteiger partial charge >= 0.3 is 5.97 Å². The second-order valence-electron chi connectivity index (χ2n) is 22.5. The summed E-state index contributed by atoms with van der Waals surface area (Å²) in [5.74, 6) is -4.00. The molecule has 3 saturated heterocycles. The number of β-lactam (4-membered cyclic amide) rings is 1. The van der Waals surface area contributed by atoms with E-state index in [0.717, 1.165) is 52.1 Å². The molecule has 4 aliphatic rings. The van der Waals surface area contributed by atoms with Gasteiger partial charge in [0.2, 0.25) is 11.5 Å². The highest BCUT2D eigenvalue weighted by Gasteiger charge is 2.57. The van der Waals surface area contributed by atoms with Crippen LogP contribution < -0.4 is 16.0 Å². The Morgan fingerprint density at radius 2 is 1.15 bits per heavy atom. The molecule has 0 aliphatic carbocycles. The van der Waals surface area contributed by atoms with Gasteiger partial charge in [-0.25, -0.2) is 9.78 Å². The maximum Gasteiger partial charge on any atom is 0.352 e. The molecule has 8 aromatic carbocycles. The molecular weight excluding hydrogens is 1140 g/mol. The summed E-state index contributed by atoms with van der Waals surface area (Å²) in [6.07, 6.45) is 3.19. The van der Waals surface area contributed by atoms with E-state index in [1.165, 1.54) is 4.90 Å². The molecule has 0 saturated carbocycles. The van der Waals surface area contributed by atoms with Crippen molar-refractivity contribution in [3.8, 4) is 0 Å². The van der Waals surface area contributed by atoms with E-state index in [0.29, 0.717) is 52.5 Å². The van der Waals surface area contributed by atoms with Gasteiger partial charge in [-0.3, -0.25) is 19.3 Å². The molecule has 1 aromatic heterocycles. The van der Waals surface area contributed by atoms with Crippen molar-refractivity contribution in [2.75, 3.05) is 25.0 Å². The molecule has 0 bridgehead atoms. The molecule has 438 valence electrons. The Hall–Kier alpha value is -9.73. The second kappa shape index (κ2) is 24.9. The summed E-state index contributed by atoms with van der Waals surface area (Å²) in [5.41, 5.74) is 4.40. The molecule has 13 nitrogen and oxygen atoms in total. The number of carboxylic acid groups (broad SMARTS) is 1. The SMILES string of the molecule is O=C(O)C1=C(C=C2CCN([C@@H]3CCNC3)C2=O)C(C(c2ccccc2)c2ccccc2)C[C@@H]2[C@H](NC(=O)C(=NOC(c3ccccc3)(c3ccccc3)c3ccccc3)c3nc(NC(c4ccccc4)(c4ccccc4)c4ccccc4)sc3Cl)C(=O)N12.